The third kappa shape index (κ3) is 3.72. The summed E-state index contributed by atoms with van der Waals surface area (Å²) in [5.41, 5.74) is 1.06. The van der Waals surface area contributed by atoms with Crippen molar-refractivity contribution in [3.05, 3.63) is 29.6 Å². The molecule has 1 aromatic rings. The Bertz CT molecular complexity index is 365. The topological polar surface area (TPSA) is 20.2 Å². The van der Waals surface area contributed by atoms with Crippen molar-refractivity contribution in [2.75, 3.05) is 0 Å². The summed E-state index contributed by atoms with van der Waals surface area (Å²) < 4.78 is 13.4. The highest BCUT2D eigenvalue weighted by atomic mass is 19.1. The average Bonchev–Trinajstić information content (AvgIpc) is 2.39. The Morgan fingerprint density at radius 3 is 2.00 bits per heavy atom. The van der Waals surface area contributed by atoms with Gasteiger partial charge in [0.2, 0.25) is 0 Å². The van der Waals surface area contributed by atoms with Gasteiger partial charge in [0.05, 0.1) is 0 Å². The molecule has 1 saturated carbocycles. The van der Waals surface area contributed by atoms with Gasteiger partial charge in [0.1, 0.15) is 0 Å². The maximum absolute atomic E-state index is 13.4. The van der Waals surface area contributed by atoms with Crippen LogP contribution in [0.1, 0.15) is 69.3 Å². The van der Waals surface area contributed by atoms with Crippen molar-refractivity contribution in [1.82, 2.24) is 0 Å². The van der Waals surface area contributed by atoms with Crippen molar-refractivity contribution in [3.63, 3.8) is 0 Å². The van der Waals surface area contributed by atoms with Crippen molar-refractivity contribution in [1.29, 1.82) is 0 Å². The second-order valence-corrected chi connectivity index (χ2v) is 5.46. The first kappa shape index (κ1) is 13.4. The van der Waals surface area contributed by atoms with Crippen LogP contribution in [0, 0.1) is 5.82 Å². The van der Waals surface area contributed by atoms with Crippen molar-refractivity contribution in [2.45, 2.75) is 63.7 Å². The van der Waals surface area contributed by atoms with E-state index in [1.54, 1.807) is 0 Å². The van der Waals surface area contributed by atoms with Gasteiger partial charge in [0.25, 0.3) is 0 Å². The first-order valence-corrected chi connectivity index (χ1v) is 7.26. The smallest absolute Gasteiger partial charge is 0.165 e. The molecule has 1 N–H and O–H groups in total. The molecule has 1 fully saturated rings. The largest absolute Gasteiger partial charge is 0.505 e. The van der Waals surface area contributed by atoms with E-state index in [4.69, 9.17) is 0 Å². The van der Waals surface area contributed by atoms with E-state index in [9.17, 15) is 9.50 Å². The molecule has 1 aliphatic rings. The molecule has 0 heterocycles. The summed E-state index contributed by atoms with van der Waals surface area (Å²) in [5.74, 6) is -0.249. The Morgan fingerprint density at radius 1 is 0.889 bits per heavy atom. The van der Waals surface area contributed by atoms with Crippen LogP contribution in [0.4, 0.5) is 4.39 Å². The average molecular weight is 250 g/mol. The van der Waals surface area contributed by atoms with Gasteiger partial charge in [-0.25, -0.2) is 4.39 Å². The predicted octanol–water partition coefficient (Wildman–Crippen LogP) is 5.14. The Labute approximate surface area is 109 Å². The Balaban J connectivity index is 2.04. The molecule has 0 bridgehead atoms. The molecular formula is C16H23FO. The van der Waals surface area contributed by atoms with Crippen LogP contribution >= 0.6 is 0 Å². The molecule has 0 atom stereocenters. The van der Waals surface area contributed by atoms with E-state index in [0.717, 1.165) is 18.4 Å². The van der Waals surface area contributed by atoms with Gasteiger partial charge in [-0.05, 0) is 36.5 Å². The minimum atomic E-state index is -0.482. The molecule has 0 aliphatic heterocycles. The van der Waals surface area contributed by atoms with Gasteiger partial charge in [0, 0.05) is 0 Å². The fraction of sp³-hybridized carbons (Fsp3) is 0.625. The highest BCUT2D eigenvalue weighted by Gasteiger charge is 2.14. The van der Waals surface area contributed by atoms with E-state index < -0.39 is 5.82 Å². The summed E-state index contributed by atoms with van der Waals surface area (Å²) in [6.07, 6.45) is 11.5. The normalized spacial score (nSPS) is 19.6. The van der Waals surface area contributed by atoms with E-state index in [2.05, 4.69) is 0 Å². The summed E-state index contributed by atoms with van der Waals surface area (Å²) >= 11 is 0. The van der Waals surface area contributed by atoms with Gasteiger partial charge >= 0.3 is 0 Å². The minimum Gasteiger partial charge on any atom is -0.505 e. The molecule has 1 aliphatic carbocycles. The molecule has 0 radical (unpaired) electrons. The number of benzene rings is 1. The van der Waals surface area contributed by atoms with Gasteiger partial charge in [-0.15, -0.1) is 0 Å². The molecule has 0 amide bonds. The van der Waals surface area contributed by atoms with Crippen molar-refractivity contribution in [2.24, 2.45) is 0 Å². The SMILES string of the molecule is Oc1ccc(C2CCCCCCCCC2)cc1F. The zero-order chi connectivity index (χ0) is 12.8. The molecule has 18 heavy (non-hydrogen) atoms. The third-order valence-electron chi connectivity index (χ3n) is 4.05. The number of phenols is 1. The highest BCUT2D eigenvalue weighted by molar-refractivity contribution is 5.30. The summed E-state index contributed by atoms with van der Waals surface area (Å²) in [6.45, 7) is 0. The number of aromatic hydroxyl groups is 1. The Hall–Kier alpha value is -1.05. The molecule has 100 valence electrons. The standard InChI is InChI=1S/C16H23FO/c17-15-12-14(10-11-16(15)18)13-8-6-4-2-1-3-5-7-9-13/h10-13,18H,1-9H2. The quantitative estimate of drug-likeness (QED) is 0.731. The number of hydrogen-bond donors (Lipinski definition) is 1. The maximum Gasteiger partial charge on any atom is 0.165 e. The van der Waals surface area contributed by atoms with Crippen LogP contribution in [-0.4, -0.2) is 5.11 Å². The van der Waals surface area contributed by atoms with Crippen molar-refractivity contribution in [3.8, 4) is 5.75 Å². The van der Waals surface area contributed by atoms with Gasteiger partial charge < -0.3 is 5.11 Å². The second kappa shape index (κ2) is 6.77. The Morgan fingerprint density at radius 2 is 1.44 bits per heavy atom. The van der Waals surface area contributed by atoms with Gasteiger partial charge in [0.15, 0.2) is 11.6 Å². The monoisotopic (exact) mass is 250 g/mol. The maximum atomic E-state index is 13.4. The van der Waals surface area contributed by atoms with E-state index in [1.165, 1.54) is 57.1 Å². The van der Waals surface area contributed by atoms with Gasteiger partial charge in [-0.2, -0.15) is 0 Å². The number of phenolic OH excluding ortho intramolecular Hbond substituents is 1. The molecule has 0 saturated heterocycles. The van der Waals surface area contributed by atoms with E-state index in [-0.39, 0.29) is 5.75 Å². The van der Waals surface area contributed by atoms with E-state index >= 15 is 0 Å². The molecule has 1 aromatic carbocycles. The number of hydrogen-bond acceptors (Lipinski definition) is 1. The predicted molar refractivity (Wildman–Crippen MR) is 72.4 cm³/mol. The van der Waals surface area contributed by atoms with Gasteiger partial charge in [-0.3, -0.25) is 0 Å². The first-order valence-electron chi connectivity index (χ1n) is 7.26. The fourth-order valence-corrected chi connectivity index (χ4v) is 2.92. The molecule has 0 unspecified atom stereocenters. The highest BCUT2D eigenvalue weighted by Crippen LogP contribution is 2.31. The van der Waals surface area contributed by atoms with Crippen LogP contribution < -0.4 is 0 Å². The third-order valence-corrected chi connectivity index (χ3v) is 4.05. The van der Waals surface area contributed by atoms with Crippen LogP contribution in [0.2, 0.25) is 0 Å². The van der Waals surface area contributed by atoms with E-state index in [1.807, 2.05) is 6.07 Å². The first-order chi connectivity index (χ1) is 8.77. The minimum absolute atomic E-state index is 0.237. The van der Waals surface area contributed by atoms with Crippen LogP contribution in [-0.2, 0) is 0 Å². The van der Waals surface area contributed by atoms with Crippen LogP contribution in [0.25, 0.3) is 0 Å². The van der Waals surface area contributed by atoms with Gasteiger partial charge in [-0.1, -0.05) is 51.0 Å². The number of rotatable bonds is 1. The Kier molecular flexibility index (Phi) is 5.03. The molecular weight excluding hydrogens is 227 g/mol. The lowest BCUT2D eigenvalue weighted by Gasteiger charge is -2.19. The lowest BCUT2D eigenvalue weighted by Crippen LogP contribution is -2.01. The van der Waals surface area contributed by atoms with Crippen LogP contribution in [0.5, 0.6) is 5.75 Å². The van der Waals surface area contributed by atoms with Crippen molar-refractivity contribution < 1.29 is 9.50 Å². The summed E-state index contributed by atoms with van der Waals surface area (Å²) in [6, 6.07) is 4.89. The molecule has 0 spiro atoms. The lowest BCUT2D eigenvalue weighted by molar-refractivity contribution is 0.428. The fourth-order valence-electron chi connectivity index (χ4n) is 2.92. The van der Waals surface area contributed by atoms with Crippen LogP contribution in [0.15, 0.2) is 18.2 Å². The zero-order valence-electron chi connectivity index (χ0n) is 11.0. The summed E-state index contributed by atoms with van der Waals surface area (Å²) in [5, 5.41) is 9.25. The molecule has 0 aromatic heterocycles. The molecule has 2 heteroatoms. The summed E-state index contributed by atoms with van der Waals surface area (Å²) in [4.78, 5) is 0. The zero-order valence-corrected chi connectivity index (χ0v) is 11.0. The lowest BCUT2D eigenvalue weighted by atomic mass is 9.87. The summed E-state index contributed by atoms with van der Waals surface area (Å²) in [7, 11) is 0. The van der Waals surface area contributed by atoms with Crippen LogP contribution in [0.3, 0.4) is 0 Å². The number of halogens is 1. The second-order valence-electron chi connectivity index (χ2n) is 5.46. The van der Waals surface area contributed by atoms with E-state index in [0.29, 0.717) is 5.92 Å². The molecule has 1 nitrogen and oxygen atoms in total. The molecule has 2 rings (SSSR count). The van der Waals surface area contributed by atoms with Crippen molar-refractivity contribution >= 4 is 0 Å².